The Morgan fingerprint density at radius 3 is 2.77 bits per heavy atom. The highest BCUT2D eigenvalue weighted by Gasteiger charge is 2.63. The van der Waals surface area contributed by atoms with Crippen molar-refractivity contribution in [3.8, 4) is 0 Å². The van der Waals surface area contributed by atoms with Crippen molar-refractivity contribution >= 4 is 23.6 Å². The summed E-state index contributed by atoms with van der Waals surface area (Å²) in [7, 11) is 0. The number of thioether (sulfide) groups is 1. The van der Waals surface area contributed by atoms with E-state index in [1.807, 2.05) is 0 Å². The molecule has 0 radical (unpaired) electrons. The smallest absolute Gasteiger partial charge is 0.249 e. The molecule has 0 spiro atoms. The minimum absolute atomic E-state index is 0.0985. The molecule has 0 aromatic carbocycles. The van der Waals surface area contributed by atoms with Gasteiger partial charge in [-0.2, -0.15) is 0 Å². The number of aromatic amines is 1. The van der Waals surface area contributed by atoms with Gasteiger partial charge in [0.05, 0.1) is 6.04 Å². The van der Waals surface area contributed by atoms with E-state index in [9.17, 15) is 9.59 Å². The Morgan fingerprint density at radius 2 is 2.12 bits per heavy atom. The summed E-state index contributed by atoms with van der Waals surface area (Å²) in [5.41, 5.74) is 6.18. The summed E-state index contributed by atoms with van der Waals surface area (Å²) in [4.78, 5) is 27.1. The number of carbonyl (C=O) groups is 2. The van der Waals surface area contributed by atoms with Crippen molar-refractivity contribution in [1.82, 2.24) is 30.8 Å². The number of aromatic nitrogens is 4. The maximum atomic E-state index is 12.7. The van der Waals surface area contributed by atoms with Crippen LogP contribution in [0.4, 0.5) is 0 Å². The van der Waals surface area contributed by atoms with Crippen molar-refractivity contribution in [2.45, 2.75) is 74.2 Å². The van der Waals surface area contributed by atoms with Crippen molar-refractivity contribution in [3.63, 3.8) is 0 Å². The van der Waals surface area contributed by atoms with Crippen LogP contribution < -0.4 is 11.1 Å². The highest BCUT2D eigenvalue weighted by molar-refractivity contribution is 8.01. The Kier molecular flexibility index (Phi) is 4.42. The van der Waals surface area contributed by atoms with Gasteiger partial charge in [0.15, 0.2) is 5.82 Å². The average Bonchev–Trinajstić information content (AvgIpc) is 3.23. The fraction of sp³-hybridized carbons (Fsp3) is 0.812. The largest absolute Gasteiger partial charge is 0.340 e. The second kappa shape index (κ2) is 6.49. The summed E-state index contributed by atoms with van der Waals surface area (Å²) >= 11 is 1.66. The normalized spacial score (nSPS) is 32.0. The summed E-state index contributed by atoms with van der Waals surface area (Å²) in [6, 6.07) is -1.30. The Labute approximate surface area is 156 Å². The SMILES string of the molecule is CC1(C)S[C@@H]2C(NC(=O)C(N)C3CCCCC3)C(=O)N2C1c1nnn[nH]1. The molecule has 26 heavy (non-hydrogen) atoms. The second-order valence-corrected chi connectivity index (χ2v) is 9.73. The van der Waals surface area contributed by atoms with E-state index in [1.54, 1.807) is 16.7 Å². The Morgan fingerprint density at radius 1 is 1.38 bits per heavy atom. The van der Waals surface area contributed by atoms with Gasteiger partial charge in [-0.05, 0) is 43.0 Å². The topological polar surface area (TPSA) is 130 Å². The fourth-order valence-corrected chi connectivity index (χ4v) is 6.07. The average molecular weight is 379 g/mol. The zero-order valence-electron chi connectivity index (χ0n) is 15.0. The number of nitrogens with zero attached hydrogens (tertiary/aromatic N) is 4. The van der Waals surface area contributed by atoms with E-state index < -0.39 is 12.1 Å². The molecule has 142 valence electrons. The van der Waals surface area contributed by atoms with Gasteiger partial charge in [-0.15, -0.1) is 16.9 Å². The molecule has 4 N–H and O–H groups in total. The molecule has 2 saturated heterocycles. The van der Waals surface area contributed by atoms with Gasteiger partial charge < -0.3 is 16.0 Å². The van der Waals surface area contributed by atoms with E-state index in [0.717, 1.165) is 25.7 Å². The zero-order valence-corrected chi connectivity index (χ0v) is 15.8. The molecule has 1 aromatic heterocycles. The first kappa shape index (κ1) is 17.7. The van der Waals surface area contributed by atoms with Crippen molar-refractivity contribution in [1.29, 1.82) is 0 Å². The highest BCUT2D eigenvalue weighted by Crippen LogP contribution is 2.56. The summed E-state index contributed by atoms with van der Waals surface area (Å²) < 4.78 is -0.257. The van der Waals surface area contributed by atoms with Gasteiger partial charge in [-0.1, -0.05) is 19.3 Å². The molecular formula is C16H25N7O2S. The van der Waals surface area contributed by atoms with Gasteiger partial charge in [-0.3, -0.25) is 9.59 Å². The van der Waals surface area contributed by atoms with E-state index in [4.69, 9.17) is 5.73 Å². The minimum Gasteiger partial charge on any atom is -0.340 e. The number of H-pyrrole nitrogens is 1. The van der Waals surface area contributed by atoms with Gasteiger partial charge in [0, 0.05) is 4.75 Å². The van der Waals surface area contributed by atoms with Crippen molar-refractivity contribution < 1.29 is 9.59 Å². The molecule has 4 atom stereocenters. The second-order valence-electron chi connectivity index (χ2n) is 7.96. The van der Waals surface area contributed by atoms with Crippen LogP contribution in [0.2, 0.25) is 0 Å². The van der Waals surface area contributed by atoms with Gasteiger partial charge in [0.25, 0.3) is 0 Å². The van der Waals surface area contributed by atoms with E-state index in [2.05, 4.69) is 39.8 Å². The molecule has 3 unspecified atom stereocenters. The van der Waals surface area contributed by atoms with Crippen LogP contribution in [0.15, 0.2) is 0 Å². The summed E-state index contributed by atoms with van der Waals surface area (Å²) in [5.74, 6) is 0.481. The first-order valence-corrected chi connectivity index (χ1v) is 10.1. The minimum atomic E-state index is -0.536. The first-order chi connectivity index (χ1) is 12.4. The van der Waals surface area contributed by atoms with Crippen LogP contribution in [-0.2, 0) is 9.59 Å². The van der Waals surface area contributed by atoms with E-state index >= 15 is 0 Å². The third kappa shape index (κ3) is 2.79. The molecule has 0 bridgehead atoms. The van der Waals surface area contributed by atoms with Crippen LogP contribution >= 0.6 is 11.8 Å². The number of hydrogen-bond acceptors (Lipinski definition) is 7. The number of tetrazole rings is 1. The number of fused-ring (bicyclic) bond motifs is 1. The zero-order chi connectivity index (χ0) is 18.5. The molecule has 3 heterocycles. The predicted molar refractivity (Wildman–Crippen MR) is 95.7 cm³/mol. The molecule has 3 fully saturated rings. The molecular weight excluding hydrogens is 354 g/mol. The van der Waals surface area contributed by atoms with Crippen molar-refractivity contribution in [2.24, 2.45) is 11.7 Å². The number of nitrogens with one attached hydrogen (secondary N) is 2. The molecule has 10 heteroatoms. The monoisotopic (exact) mass is 379 g/mol. The maximum absolute atomic E-state index is 12.7. The van der Waals surface area contributed by atoms with E-state index in [0.29, 0.717) is 5.82 Å². The molecule has 9 nitrogen and oxygen atoms in total. The Balaban J connectivity index is 1.44. The molecule has 2 amide bonds. The van der Waals surface area contributed by atoms with Gasteiger partial charge in [-0.25, -0.2) is 5.10 Å². The molecule has 3 aliphatic rings. The lowest BCUT2D eigenvalue weighted by Gasteiger charge is -2.44. The first-order valence-electron chi connectivity index (χ1n) is 9.20. The lowest BCUT2D eigenvalue weighted by molar-refractivity contribution is -0.152. The van der Waals surface area contributed by atoms with Gasteiger partial charge in [0.1, 0.15) is 17.5 Å². The predicted octanol–water partition coefficient (Wildman–Crippen LogP) is 0.327. The third-order valence-electron chi connectivity index (χ3n) is 5.82. The highest BCUT2D eigenvalue weighted by atomic mass is 32.2. The van der Waals surface area contributed by atoms with E-state index in [1.165, 1.54) is 6.42 Å². The Hall–Kier alpha value is -1.68. The quantitative estimate of drug-likeness (QED) is 0.643. The Bertz CT molecular complexity index is 689. The molecule has 2 aliphatic heterocycles. The van der Waals surface area contributed by atoms with Crippen LogP contribution in [0.1, 0.15) is 57.8 Å². The number of amides is 2. The lowest BCUT2D eigenvalue weighted by atomic mass is 9.83. The fourth-order valence-electron chi connectivity index (χ4n) is 4.43. The molecule has 1 aliphatic carbocycles. The van der Waals surface area contributed by atoms with Crippen LogP contribution in [-0.4, -0.2) is 59.5 Å². The third-order valence-corrected chi connectivity index (χ3v) is 7.39. The lowest BCUT2D eigenvalue weighted by Crippen LogP contribution is -2.69. The van der Waals surface area contributed by atoms with Crippen LogP contribution in [0.3, 0.4) is 0 Å². The summed E-state index contributed by atoms with van der Waals surface area (Å²) in [5, 5.41) is 16.8. The number of nitrogens with two attached hydrogens (primary N) is 1. The van der Waals surface area contributed by atoms with Gasteiger partial charge >= 0.3 is 0 Å². The summed E-state index contributed by atoms with van der Waals surface area (Å²) in [6.45, 7) is 4.12. The van der Waals surface area contributed by atoms with Crippen LogP contribution in [0.5, 0.6) is 0 Å². The van der Waals surface area contributed by atoms with Crippen molar-refractivity contribution in [2.75, 3.05) is 0 Å². The molecule has 4 rings (SSSR count). The molecule has 1 saturated carbocycles. The number of carbonyl (C=O) groups excluding carboxylic acids is 2. The van der Waals surface area contributed by atoms with E-state index in [-0.39, 0.29) is 33.9 Å². The molecule has 1 aromatic rings. The van der Waals surface area contributed by atoms with Crippen LogP contribution in [0.25, 0.3) is 0 Å². The number of rotatable bonds is 4. The number of hydrogen-bond donors (Lipinski definition) is 3. The van der Waals surface area contributed by atoms with Crippen molar-refractivity contribution in [3.05, 3.63) is 5.82 Å². The standard InChI is InChI=1S/C16H25N7O2S/c1-16(2)11(12-19-21-22-20-12)23-14(25)10(15(23)26-16)18-13(24)9(17)8-6-4-3-5-7-8/h8-11,15H,3-7,17H2,1-2H3,(H,18,24)(H,19,20,21,22)/t9?,10?,11?,15-/m1/s1. The maximum Gasteiger partial charge on any atom is 0.249 e. The van der Waals surface area contributed by atoms with Gasteiger partial charge in [0.2, 0.25) is 11.8 Å². The van der Waals surface area contributed by atoms with Crippen LogP contribution in [0, 0.1) is 5.92 Å². The number of β-lactam (4-membered cyclic amide) rings is 1. The summed E-state index contributed by atoms with van der Waals surface area (Å²) in [6.07, 6.45) is 5.45.